The minimum Gasteiger partial charge on any atom is -0.497 e. The van der Waals surface area contributed by atoms with Crippen LogP contribution in [0.3, 0.4) is 0 Å². The lowest BCUT2D eigenvalue weighted by atomic mass is 9.78. The molecule has 0 saturated carbocycles. The average Bonchev–Trinajstić information content (AvgIpc) is 3.10. The Morgan fingerprint density at radius 3 is 2.89 bits per heavy atom. The number of hydrogen-bond acceptors (Lipinski definition) is 3. The zero-order valence-electron chi connectivity index (χ0n) is 16.0. The van der Waals surface area contributed by atoms with E-state index in [0.29, 0.717) is 43.8 Å². The van der Waals surface area contributed by atoms with Gasteiger partial charge in [-0.1, -0.05) is 12.2 Å². The first kappa shape index (κ1) is 19.4. The van der Waals surface area contributed by atoms with Crippen LogP contribution in [0.5, 0.6) is 5.75 Å². The summed E-state index contributed by atoms with van der Waals surface area (Å²) in [5, 5.41) is 0. The van der Waals surface area contributed by atoms with E-state index in [1.54, 1.807) is 21.9 Å². The number of methoxy groups -OCH3 is 1. The van der Waals surface area contributed by atoms with Gasteiger partial charge in [-0.25, -0.2) is 4.39 Å². The smallest absolute Gasteiger partial charge is 0.230 e. The van der Waals surface area contributed by atoms with Crippen LogP contribution in [0.1, 0.15) is 38.2 Å². The van der Waals surface area contributed by atoms with Gasteiger partial charge in [0.05, 0.1) is 12.5 Å². The first-order chi connectivity index (χ1) is 13.0. The summed E-state index contributed by atoms with van der Waals surface area (Å²) in [4.78, 5) is 29.1. The molecule has 0 bridgehead atoms. The number of allylic oxidation sites excluding steroid dienone is 1. The molecule has 2 fully saturated rings. The topological polar surface area (TPSA) is 49.9 Å². The van der Waals surface area contributed by atoms with Gasteiger partial charge in [-0.15, -0.1) is 0 Å². The van der Waals surface area contributed by atoms with E-state index in [4.69, 9.17) is 4.74 Å². The van der Waals surface area contributed by atoms with Crippen molar-refractivity contribution in [2.24, 2.45) is 5.41 Å². The molecule has 6 heteroatoms. The number of carbonyl (C=O) groups excluding carboxylic acids is 2. The summed E-state index contributed by atoms with van der Waals surface area (Å²) < 4.78 is 19.4. The highest BCUT2D eigenvalue weighted by atomic mass is 19.1. The van der Waals surface area contributed by atoms with Gasteiger partial charge in [0, 0.05) is 38.2 Å². The van der Waals surface area contributed by atoms with Crippen LogP contribution in [0.15, 0.2) is 30.4 Å². The Balaban J connectivity index is 1.72. The molecule has 1 atom stereocenters. The maximum atomic E-state index is 14.2. The number of hydrogen-bond donors (Lipinski definition) is 0. The van der Waals surface area contributed by atoms with E-state index in [9.17, 15) is 14.0 Å². The Kier molecular flexibility index (Phi) is 5.82. The average molecular weight is 374 g/mol. The van der Waals surface area contributed by atoms with Crippen LogP contribution >= 0.6 is 0 Å². The molecule has 2 amide bonds. The molecule has 5 nitrogen and oxygen atoms in total. The SMILES string of the molecule is C/C=C/CC(=O)N1CCC2(CCCN(Cc3cc(OC)ccc3F)C2=O)C1. The fraction of sp³-hybridized carbons (Fsp3) is 0.524. The van der Waals surface area contributed by atoms with Gasteiger partial charge in [0.25, 0.3) is 0 Å². The van der Waals surface area contributed by atoms with Gasteiger partial charge in [-0.05, 0) is 44.4 Å². The van der Waals surface area contributed by atoms with Crippen LogP contribution in [0.25, 0.3) is 0 Å². The predicted octanol–water partition coefficient (Wildman–Crippen LogP) is 3.14. The van der Waals surface area contributed by atoms with Gasteiger partial charge in [-0.2, -0.15) is 0 Å². The van der Waals surface area contributed by atoms with Crippen molar-refractivity contribution in [3.63, 3.8) is 0 Å². The molecule has 1 unspecified atom stereocenters. The molecule has 2 saturated heterocycles. The fourth-order valence-corrected chi connectivity index (χ4v) is 4.12. The normalized spacial score (nSPS) is 22.9. The number of ether oxygens (including phenoxy) is 1. The number of piperidine rings is 1. The van der Waals surface area contributed by atoms with Crippen molar-refractivity contribution in [1.82, 2.24) is 9.80 Å². The van der Waals surface area contributed by atoms with Crippen LogP contribution in [-0.4, -0.2) is 48.4 Å². The van der Waals surface area contributed by atoms with Gasteiger partial charge < -0.3 is 14.5 Å². The molecule has 2 aliphatic rings. The van der Waals surface area contributed by atoms with Gasteiger partial charge in [0.1, 0.15) is 11.6 Å². The second kappa shape index (κ2) is 8.11. The fourth-order valence-electron chi connectivity index (χ4n) is 4.12. The van der Waals surface area contributed by atoms with Gasteiger partial charge in [0.15, 0.2) is 0 Å². The molecule has 1 aromatic rings. The van der Waals surface area contributed by atoms with Crippen LogP contribution in [0.2, 0.25) is 0 Å². The van der Waals surface area contributed by atoms with Crippen LogP contribution in [0.4, 0.5) is 4.39 Å². The van der Waals surface area contributed by atoms with Gasteiger partial charge in [-0.3, -0.25) is 9.59 Å². The number of benzene rings is 1. The Bertz CT molecular complexity index is 749. The summed E-state index contributed by atoms with van der Waals surface area (Å²) in [6, 6.07) is 4.59. The van der Waals surface area contributed by atoms with E-state index in [2.05, 4.69) is 0 Å². The highest BCUT2D eigenvalue weighted by Gasteiger charge is 2.49. The number of rotatable bonds is 5. The maximum absolute atomic E-state index is 14.2. The molecule has 0 aliphatic carbocycles. The van der Waals surface area contributed by atoms with Crippen molar-refractivity contribution in [2.45, 2.75) is 39.2 Å². The summed E-state index contributed by atoms with van der Waals surface area (Å²) >= 11 is 0. The third-order valence-corrected chi connectivity index (χ3v) is 5.67. The van der Waals surface area contributed by atoms with E-state index in [1.165, 1.54) is 13.2 Å². The summed E-state index contributed by atoms with van der Waals surface area (Å²) in [7, 11) is 1.54. The van der Waals surface area contributed by atoms with E-state index < -0.39 is 5.41 Å². The number of carbonyl (C=O) groups is 2. The molecular formula is C21H27FN2O3. The highest BCUT2D eigenvalue weighted by Crippen LogP contribution is 2.40. The van der Waals surface area contributed by atoms with E-state index in [-0.39, 0.29) is 24.2 Å². The summed E-state index contributed by atoms with van der Waals surface area (Å²) in [5.41, 5.74) is -0.0575. The summed E-state index contributed by atoms with van der Waals surface area (Å²) in [5.74, 6) is 0.344. The Morgan fingerprint density at radius 1 is 1.33 bits per heavy atom. The molecule has 0 N–H and O–H groups in total. The lowest BCUT2D eigenvalue weighted by Gasteiger charge is -2.39. The largest absolute Gasteiger partial charge is 0.497 e. The van der Waals surface area contributed by atoms with Crippen molar-refractivity contribution in [2.75, 3.05) is 26.7 Å². The molecule has 146 valence electrons. The quantitative estimate of drug-likeness (QED) is 0.744. The second-order valence-corrected chi connectivity index (χ2v) is 7.41. The zero-order chi connectivity index (χ0) is 19.4. The Labute approximate surface area is 159 Å². The first-order valence-corrected chi connectivity index (χ1v) is 9.50. The van der Waals surface area contributed by atoms with E-state index in [0.717, 1.165) is 12.8 Å². The molecule has 27 heavy (non-hydrogen) atoms. The number of likely N-dealkylation sites (tertiary alicyclic amines) is 2. The second-order valence-electron chi connectivity index (χ2n) is 7.41. The third kappa shape index (κ3) is 3.99. The van der Waals surface area contributed by atoms with E-state index in [1.807, 2.05) is 19.1 Å². The highest BCUT2D eigenvalue weighted by molar-refractivity contribution is 5.86. The maximum Gasteiger partial charge on any atom is 0.230 e. The lowest BCUT2D eigenvalue weighted by molar-refractivity contribution is -0.146. The van der Waals surface area contributed by atoms with Gasteiger partial charge in [0.2, 0.25) is 11.8 Å². The number of amides is 2. The minimum atomic E-state index is -0.515. The molecule has 2 aliphatic heterocycles. The predicted molar refractivity (Wildman–Crippen MR) is 101 cm³/mol. The molecule has 1 spiro atoms. The van der Waals surface area contributed by atoms with Crippen molar-refractivity contribution in [3.05, 3.63) is 41.7 Å². The van der Waals surface area contributed by atoms with Crippen LogP contribution < -0.4 is 4.74 Å². The molecule has 1 aromatic carbocycles. The number of halogens is 1. The van der Waals surface area contributed by atoms with Crippen molar-refractivity contribution in [1.29, 1.82) is 0 Å². The van der Waals surface area contributed by atoms with Crippen LogP contribution in [-0.2, 0) is 16.1 Å². The first-order valence-electron chi connectivity index (χ1n) is 9.50. The molecule has 2 heterocycles. The van der Waals surface area contributed by atoms with Gasteiger partial charge >= 0.3 is 0 Å². The third-order valence-electron chi connectivity index (χ3n) is 5.67. The lowest BCUT2D eigenvalue weighted by Crippen LogP contribution is -2.50. The summed E-state index contributed by atoms with van der Waals surface area (Å²) in [6.07, 6.45) is 6.42. The molecular weight excluding hydrogens is 347 g/mol. The monoisotopic (exact) mass is 374 g/mol. The van der Waals surface area contributed by atoms with E-state index >= 15 is 0 Å². The van der Waals surface area contributed by atoms with Crippen molar-refractivity contribution < 1.29 is 18.7 Å². The molecule has 0 aromatic heterocycles. The van der Waals surface area contributed by atoms with Crippen molar-refractivity contribution in [3.8, 4) is 5.75 Å². The van der Waals surface area contributed by atoms with Crippen molar-refractivity contribution >= 4 is 11.8 Å². The Morgan fingerprint density at radius 2 is 2.15 bits per heavy atom. The standard InChI is InChI=1S/C21H27FN2O3/c1-3-4-6-19(25)24-12-10-21(15-24)9-5-11-23(20(21)26)14-16-13-17(27-2)7-8-18(16)22/h3-4,7-8,13H,5-6,9-12,14-15H2,1-2H3/b4-3+. The Hall–Kier alpha value is -2.37. The zero-order valence-corrected chi connectivity index (χ0v) is 16.0. The minimum absolute atomic E-state index is 0.0392. The molecule has 0 radical (unpaired) electrons. The van der Waals surface area contributed by atoms with Crippen LogP contribution in [0, 0.1) is 11.2 Å². The summed E-state index contributed by atoms with van der Waals surface area (Å²) in [6.45, 7) is 3.82. The number of nitrogens with zero attached hydrogens (tertiary/aromatic N) is 2. The molecule has 3 rings (SSSR count).